The average molecular weight is 614 g/mol. The van der Waals surface area contributed by atoms with Crippen LogP contribution in [0.3, 0.4) is 0 Å². The lowest BCUT2D eigenvalue weighted by Crippen LogP contribution is -2.25. The van der Waals surface area contributed by atoms with Crippen LogP contribution in [0.4, 0.5) is 17.1 Å². The first-order valence-corrected chi connectivity index (χ1v) is 17.8. The number of unbranched alkanes of at least 4 members (excludes halogenated alkanes) is 5. The van der Waals surface area contributed by atoms with Gasteiger partial charge in [0.05, 0.1) is 5.56 Å². The van der Waals surface area contributed by atoms with Crippen LogP contribution in [0.25, 0.3) is 0 Å². The SMILES string of the molecule is CCCCNc1ccc(C(c2ccc(N(CCCC)CCCC)cc2)c2ccc(N(CCCC)CCCC)cc2)c(C(=O)O)c1. The minimum atomic E-state index is -0.891. The number of carboxylic acids is 1. The second kappa shape index (κ2) is 19.8. The summed E-state index contributed by atoms with van der Waals surface area (Å²) in [6.45, 7) is 16.2. The van der Waals surface area contributed by atoms with Gasteiger partial charge >= 0.3 is 5.97 Å². The summed E-state index contributed by atoms with van der Waals surface area (Å²) >= 11 is 0. The molecule has 246 valence electrons. The first-order chi connectivity index (χ1) is 22.0. The number of aromatic carboxylic acids is 1. The molecule has 0 aliphatic carbocycles. The summed E-state index contributed by atoms with van der Waals surface area (Å²) in [5.41, 5.74) is 6.75. The maximum Gasteiger partial charge on any atom is 0.336 e. The number of anilines is 3. The van der Waals surface area contributed by atoms with Gasteiger partial charge in [-0.25, -0.2) is 4.79 Å². The zero-order valence-electron chi connectivity index (χ0n) is 28.8. The normalized spacial score (nSPS) is 11.2. The van der Waals surface area contributed by atoms with Crippen LogP contribution in [-0.2, 0) is 0 Å². The van der Waals surface area contributed by atoms with Gasteiger partial charge in [0.1, 0.15) is 0 Å². The molecule has 0 spiro atoms. The minimum absolute atomic E-state index is 0.191. The van der Waals surface area contributed by atoms with Gasteiger partial charge in [0.15, 0.2) is 0 Å². The molecule has 0 unspecified atom stereocenters. The van der Waals surface area contributed by atoms with Gasteiger partial charge in [-0.1, -0.05) is 97.1 Å². The second-order valence-corrected chi connectivity index (χ2v) is 12.4. The number of benzene rings is 3. The van der Waals surface area contributed by atoms with Gasteiger partial charge in [-0.05, 0) is 85.2 Å². The fourth-order valence-electron chi connectivity index (χ4n) is 5.96. The monoisotopic (exact) mass is 613 g/mol. The predicted octanol–water partition coefficient (Wildman–Crippen LogP) is 10.6. The van der Waals surface area contributed by atoms with Crippen molar-refractivity contribution < 1.29 is 9.90 Å². The van der Waals surface area contributed by atoms with Crippen molar-refractivity contribution >= 4 is 23.0 Å². The molecule has 2 N–H and O–H groups in total. The van der Waals surface area contributed by atoms with Gasteiger partial charge in [0.2, 0.25) is 0 Å². The van der Waals surface area contributed by atoms with Crippen molar-refractivity contribution in [2.24, 2.45) is 0 Å². The highest BCUT2D eigenvalue weighted by molar-refractivity contribution is 5.91. The molecular formula is C40H59N3O2. The molecule has 45 heavy (non-hydrogen) atoms. The Morgan fingerprint density at radius 3 is 1.42 bits per heavy atom. The van der Waals surface area contributed by atoms with E-state index in [2.05, 4.69) is 98.3 Å². The third kappa shape index (κ3) is 10.8. The molecule has 0 saturated carbocycles. The average Bonchev–Trinajstić information content (AvgIpc) is 3.06. The fraction of sp³-hybridized carbons (Fsp3) is 0.525. The van der Waals surface area contributed by atoms with Crippen LogP contribution < -0.4 is 15.1 Å². The van der Waals surface area contributed by atoms with E-state index in [9.17, 15) is 9.90 Å². The Morgan fingerprint density at radius 1 is 0.622 bits per heavy atom. The van der Waals surface area contributed by atoms with Crippen LogP contribution in [0.1, 0.15) is 132 Å². The summed E-state index contributed by atoms with van der Waals surface area (Å²) in [5.74, 6) is -1.08. The highest BCUT2D eigenvalue weighted by Gasteiger charge is 2.24. The summed E-state index contributed by atoms with van der Waals surface area (Å²) < 4.78 is 0. The van der Waals surface area contributed by atoms with E-state index in [0.29, 0.717) is 5.56 Å². The van der Waals surface area contributed by atoms with E-state index in [4.69, 9.17) is 0 Å². The number of hydrogen-bond donors (Lipinski definition) is 2. The number of carboxylic acid groups (broad SMARTS) is 1. The molecule has 0 aromatic heterocycles. The number of nitrogens with one attached hydrogen (secondary N) is 1. The maximum atomic E-state index is 12.7. The quantitative estimate of drug-likeness (QED) is 0.0872. The molecule has 5 heteroatoms. The molecule has 3 aromatic carbocycles. The van der Waals surface area contributed by atoms with Gasteiger partial charge in [0, 0.05) is 55.7 Å². The fourth-order valence-corrected chi connectivity index (χ4v) is 5.96. The van der Waals surface area contributed by atoms with Crippen molar-refractivity contribution in [1.82, 2.24) is 0 Å². The molecule has 3 aromatic rings. The molecule has 5 nitrogen and oxygen atoms in total. The largest absolute Gasteiger partial charge is 0.478 e. The number of carbonyl (C=O) groups is 1. The zero-order chi connectivity index (χ0) is 32.4. The Kier molecular flexibility index (Phi) is 15.9. The van der Waals surface area contributed by atoms with Gasteiger partial charge in [-0.15, -0.1) is 0 Å². The molecule has 0 bridgehead atoms. The Hall–Kier alpha value is -3.47. The van der Waals surface area contributed by atoms with Crippen LogP contribution in [0.15, 0.2) is 66.7 Å². The molecule has 0 radical (unpaired) electrons. The van der Waals surface area contributed by atoms with E-state index in [1.165, 1.54) is 62.7 Å². The Balaban J connectivity index is 2.07. The first-order valence-electron chi connectivity index (χ1n) is 17.8. The van der Waals surface area contributed by atoms with Crippen LogP contribution in [0.2, 0.25) is 0 Å². The van der Waals surface area contributed by atoms with E-state index in [0.717, 1.165) is 67.9 Å². The number of nitrogens with zero attached hydrogens (tertiary/aromatic N) is 2. The summed E-state index contributed by atoms with van der Waals surface area (Å²) in [6, 6.07) is 23.7. The Labute approximate surface area is 274 Å². The lowest BCUT2D eigenvalue weighted by Gasteiger charge is -2.27. The zero-order valence-corrected chi connectivity index (χ0v) is 28.8. The highest BCUT2D eigenvalue weighted by atomic mass is 16.4. The molecule has 0 heterocycles. The summed E-state index contributed by atoms with van der Waals surface area (Å²) in [7, 11) is 0. The van der Waals surface area contributed by atoms with Crippen LogP contribution in [0.5, 0.6) is 0 Å². The number of rotatable bonds is 22. The van der Waals surface area contributed by atoms with Crippen molar-refractivity contribution in [1.29, 1.82) is 0 Å². The molecule has 3 rings (SSSR count). The van der Waals surface area contributed by atoms with Crippen LogP contribution in [-0.4, -0.2) is 43.8 Å². The molecule has 0 aliphatic heterocycles. The van der Waals surface area contributed by atoms with Crippen LogP contribution >= 0.6 is 0 Å². The smallest absolute Gasteiger partial charge is 0.336 e. The van der Waals surface area contributed by atoms with Crippen molar-refractivity contribution in [2.75, 3.05) is 47.8 Å². The van der Waals surface area contributed by atoms with Crippen molar-refractivity contribution in [2.45, 2.75) is 105 Å². The molecule has 0 fully saturated rings. The van der Waals surface area contributed by atoms with E-state index < -0.39 is 5.97 Å². The van der Waals surface area contributed by atoms with Gasteiger partial charge in [-0.3, -0.25) is 0 Å². The minimum Gasteiger partial charge on any atom is -0.478 e. The standard InChI is InChI=1S/C40H59N3O2/c1-6-11-26-41-34-20-25-37(38(31-34)40(44)45)39(32-16-21-35(22-17-32)42(27-12-7-2)28-13-8-3)33-18-23-36(24-19-33)43(29-14-9-4)30-15-10-5/h16-25,31,39,41H,6-15,26-30H2,1-5H3,(H,44,45). The topological polar surface area (TPSA) is 55.8 Å². The van der Waals surface area contributed by atoms with Crippen molar-refractivity contribution in [3.8, 4) is 0 Å². The second-order valence-electron chi connectivity index (χ2n) is 12.4. The van der Waals surface area contributed by atoms with Crippen molar-refractivity contribution in [3.63, 3.8) is 0 Å². The van der Waals surface area contributed by atoms with Gasteiger partial charge < -0.3 is 20.2 Å². The summed E-state index contributed by atoms with van der Waals surface area (Å²) in [6.07, 6.45) is 11.5. The van der Waals surface area contributed by atoms with Gasteiger partial charge in [-0.2, -0.15) is 0 Å². The van der Waals surface area contributed by atoms with Crippen LogP contribution in [0, 0.1) is 0 Å². The van der Waals surface area contributed by atoms with Crippen molar-refractivity contribution in [3.05, 3.63) is 89.0 Å². The molecule has 0 aliphatic rings. The van der Waals surface area contributed by atoms with E-state index in [1.54, 1.807) is 0 Å². The third-order valence-corrected chi connectivity index (χ3v) is 8.76. The Bertz CT molecular complexity index is 1180. The number of hydrogen-bond acceptors (Lipinski definition) is 4. The summed E-state index contributed by atoms with van der Waals surface area (Å²) in [4.78, 5) is 17.7. The lowest BCUT2D eigenvalue weighted by molar-refractivity contribution is 0.0695. The predicted molar refractivity (Wildman–Crippen MR) is 195 cm³/mol. The van der Waals surface area contributed by atoms with E-state index >= 15 is 0 Å². The lowest BCUT2D eigenvalue weighted by atomic mass is 9.82. The molecular weight excluding hydrogens is 554 g/mol. The maximum absolute atomic E-state index is 12.7. The molecule has 0 amide bonds. The van der Waals surface area contributed by atoms with Gasteiger partial charge in [0.25, 0.3) is 0 Å². The third-order valence-electron chi connectivity index (χ3n) is 8.76. The van der Waals surface area contributed by atoms with E-state index in [-0.39, 0.29) is 5.92 Å². The van der Waals surface area contributed by atoms with E-state index in [1.807, 2.05) is 18.2 Å². The molecule has 0 saturated heterocycles. The Morgan fingerprint density at radius 2 is 1.04 bits per heavy atom. The molecule has 0 atom stereocenters. The summed E-state index contributed by atoms with van der Waals surface area (Å²) in [5, 5.41) is 13.8. The first kappa shape index (κ1) is 36.0. The highest BCUT2D eigenvalue weighted by Crippen LogP contribution is 2.37.